The molecule has 2 amide bonds. The molecule has 2 saturated heterocycles. The molecule has 4 aliphatic carbocycles. The normalized spacial score (nSPS) is 30.8. The molecule has 4 saturated carbocycles. The first-order chi connectivity index (χ1) is 24.9. The number of anilines is 1. The van der Waals surface area contributed by atoms with Gasteiger partial charge in [0.1, 0.15) is 0 Å². The highest BCUT2D eigenvalue weighted by Crippen LogP contribution is 2.55. The molecule has 10 nitrogen and oxygen atoms in total. The van der Waals surface area contributed by atoms with Gasteiger partial charge in [0.25, 0.3) is 0 Å². The lowest BCUT2D eigenvalue weighted by Crippen LogP contribution is -2.60. The number of H-pyrrole nitrogens is 1. The van der Waals surface area contributed by atoms with Crippen LogP contribution in [0.15, 0.2) is 77.6 Å². The summed E-state index contributed by atoms with van der Waals surface area (Å²) in [5, 5.41) is 16.2. The second-order valence-corrected chi connectivity index (χ2v) is 16.1. The van der Waals surface area contributed by atoms with E-state index in [2.05, 4.69) is 20.5 Å². The van der Waals surface area contributed by atoms with Crippen molar-refractivity contribution in [3.8, 4) is 0 Å². The fourth-order valence-electron chi connectivity index (χ4n) is 10.5. The molecule has 3 heterocycles. The van der Waals surface area contributed by atoms with E-state index in [1.165, 1.54) is 19.3 Å². The average Bonchev–Trinajstić information content (AvgIpc) is 3.46. The lowest BCUT2D eigenvalue weighted by Gasteiger charge is -2.56. The van der Waals surface area contributed by atoms with Crippen molar-refractivity contribution in [2.75, 3.05) is 25.0 Å². The van der Waals surface area contributed by atoms with Crippen molar-refractivity contribution in [1.29, 1.82) is 0 Å². The van der Waals surface area contributed by atoms with Crippen molar-refractivity contribution in [1.82, 2.24) is 19.8 Å². The fourth-order valence-corrected chi connectivity index (χ4v) is 10.5. The molecule has 3 atom stereocenters. The molecule has 51 heavy (non-hydrogen) atoms. The van der Waals surface area contributed by atoms with E-state index in [9.17, 15) is 14.7 Å². The third kappa shape index (κ3) is 6.75. The molecular weight excluding hydrogens is 642 g/mol. The Labute approximate surface area is 298 Å². The topological polar surface area (TPSA) is 121 Å². The predicted molar refractivity (Wildman–Crippen MR) is 195 cm³/mol. The molecule has 10 rings (SSSR count). The standard InChI is InChI=1S/C41H49N5O5/c47-25-26-8-10-30(11-9-26)37-20-34(24-45-14-12-33(13-15-45)46-36-7-2-1-6-35(36)43-40(46)49)50-38(51-37)31-4-3-5-32(19-31)42-39(48)44-41-21-27-16-28(22-41)18-29(17-27)23-41/h1-11,19,27-29,33-34,37-38,47H,12-18,20-25H2,(H,43,49)(H2,42,44,48)/t27?,28?,29?,34-,37+,38+,41?/m1/s1. The molecule has 2 aliphatic heterocycles. The van der Waals surface area contributed by atoms with Gasteiger partial charge in [-0.1, -0.05) is 48.5 Å². The van der Waals surface area contributed by atoms with E-state index >= 15 is 0 Å². The number of ether oxygens (including phenoxy) is 2. The van der Waals surface area contributed by atoms with E-state index in [4.69, 9.17) is 9.47 Å². The number of carbonyl (C=O) groups excluding carboxylic acids is 1. The maximum atomic E-state index is 13.4. The maximum Gasteiger partial charge on any atom is 0.326 e. The number of aliphatic hydroxyl groups excluding tert-OH is 1. The van der Waals surface area contributed by atoms with Gasteiger partial charge in [-0.3, -0.25) is 4.57 Å². The summed E-state index contributed by atoms with van der Waals surface area (Å²) >= 11 is 0. The Bertz CT molecular complexity index is 1890. The quantitative estimate of drug-likeness (QED) is 0.162. The summed E-state index contributed by atoms with van der Waals surface area (Å²) in [5.74, 6) is 2.28. The first-order valence-electron chi connectivity index (χ1n) is 19.0. The zero-order chi connectivity index (χ0) is 34.5. The van der Waals surface area contributed by atoms with Crippen LogP contribution in [-0.4, -0.2) is 56.9 Å². The molecule has 0 unspecified atom stereocenters. The summed E-state index contributed by atoms with van der Waals surface area (Å²) in [4.78, 5) is 31.7. The van der Waals surface area contributed by atoms with Crippen molar-refractivity contribution in [2.24, 2.45) is 17.8 Å². The van der Waals surface area contributed by atoms with Gasteiger partial charge in [0, 0.05) is 48.9 Å². The number of likely N-dealkylation sites (tertiary alicyclic amines) is 1. The molecule has 268 valence electrons. The van der Waals surface area contributed by atoms with Gasteiger partial charge in [0.15, 0.2) is 6.29 Å². The highest BCUT2D eigenvalue weighted by molar-refractivity contribution is 5.90. The summed E-state index contributed by atoms with van der Waals surface area (Å²) in [6, 6.07) is 23.8. The van der Waals surface area contributed by atoms with E-state index in [1.54, 1.807) is 0 Å². The number of fused-ring (bicyclic) bond motifs is 1. The van der Waals surface area contributed by atoms with Crippen molar-refractivity contribution >= 4 is 22.8 Å². The van der Waals surface area contributed by atoms with Crippen molar-refractivity contribution in [2.45, 2.75) is 94.5 Å². The van der Waals surface area contributed by atoms with Gasteiger partial charge in [-0.15, -0.1) is 0 Å². The molecular formula is C41H49N5O5. The zero-order valence-corrected chi connectivity index (χ0v) is 29.1. The van der Waals surface area contributed by atoms with Crippen molar-refractivity contribution in [3.63, 3.8) is 0 Å². The van der Waals surface area contributed by atoms with Gasteiger partial charge in [0.05, 0.1) is 29.8 Å². The van der Waals surface area contributed by atoms with Crippen LogP contribution in [0, 0.1) is 17.8 Å². The van der Waals surface area contributed by atoms with Gasteiger partial charge < -0.3 is 35.1 Å². The van der Waals surface area contributed by atoms with Crippen LogP contribution in [0.5, 0.6) is 0 Å². The van der Waals surface area contributed by atoms with Crippen LogP contribution >= 0.6 is 0 Å². The highest BCUT2D eigenvalue weighted by atomic mass is 16.7. The molecule has 6 fully saturated rings. The Morgan fingerprint density at radius 3 is 2.31 bits per heavy atom. The molecule has 0 radical (unpaired) electrons. The lowest BCUT2D eigenvalue weighted by molar-refractivity contribution is -0.253. The van der Waals surface area contributed by atoms with Gasteiger partial charge in [-0.05, 0) is 105 Å². The van der Waals surface area contributed by atoms with Gasteiger partial charge in [-0.2, -0.15) is 0 Å². The molecule has 4 bridgehead atoms. The first-order valence-corrected chi connectivity index (χ1v) is 19.0. The number of hydrogen-bond donors (Lipinski definition) is 4. The van der Waals surface area contributed by atoms with Crippen LogP contribution in [0.1, 0.15) is 92.9 Å². The Morgan fingerprint density at radius 2 is 1.59 bits per heavy atom. The number of aromatic nitrogens is 2. The number of imidazole rings is 1. The molecule has 4 N–H and O–H groups in total. The summed E-state index contributed by atoms with van der Waals surface area (Å²) in [6.45, 7) is 2.50. The van der Waals surface area contributed by atoms with E-state index in [0.717, 1.165) is 103 Å². The lowest BCUT2D eigenvalue weighted by atomic mass is 9.53. The van der Waals surface area contributed by atoms with E-state index in [-0.39, 0.29) is 42.1 Å². The number of urea groups is 1. The largest absolute Gasteiger partial charge is 0.392 e. The first kappa shape index (κ1) is 32.9. The average molecular weight is 692 g/mol. The van der Waals surface area contributed by atoms with Gasteiger partial charge >= 0.3 is 11.7 Å². The molecule has 1 aromatic heterocycles. The minimum absolute atomic E-state index is 0.00295. The van der Waals surface area contributed by atoms with Crippen molar-refractivity contribution < 1.29 is 19.4 Å². The Kier molecular flexibility index (Phi) is 8.74. The summed E-state index contributed by atoms with van der Waals surface area (Å²) in [5.41, 5.74) is 5.25. The van der Waals surface area contributed by atoms with Gasteiger partial charge in [0.2, 0.25) is 0 Å². The van der Waals surface area contributed by atoms with Crippen LogP contribution in [0.4, 0.5) is 10.5 Å². The monoisotopic (exact) mass is 691 g/mol. The Morgan fingerprint density at radius 1 is 0.863 bits per heavy atom. The number of aliphatic hydroxyl groups is 1. The minimum atomic E-state index is -0.610. The van der Waals surface area contributed by atoms with Crippen LogP contribution in [0.25, 0.3) is 11.0 Å². The second kappa shape index (κ2) is 13.5. The predicted octanol–water partition coefficient (Wildman–Crippen LogP) is 6.79. The third-order valence-corrected chi connectivity index (χ3v) is 12.5. The van der Waals surface area contributed by atoms with E-state index < -0.39 is 6.29 Å². The summed E-state index contributed by atoms with van der Waals surface area (Å²) in [7, 11) is 0. The molecule has 10 heteroatoms. The molecule has 6 aliphatic rings. The number of nitrogens with one attached hydrogen (secondary N) is 3. The van der Waals surface area contributed by atoms with Crippen LogP contribution in [-0.2, 0) is 16.1 Å². The van der Waals surface area contributed by atoms with Crippen LogP contribution in [0.2, 0.25) is 0 Å². The minimum Gasteiger partial charge on any atom is -0.392 e. The van der Waals surface area contributed by atoms with Crippen molar-refractivity contribution in [3.05, 3.63) is 100.0 Å². The summed E-state index contributed by atoms with van der Waals surface area (Å²) in [6.07, 6.45) is 8.92. The number of nitrogens with zero attached hydrogens (tertiary/aromatic N) is 2. The molecule has 0 spiro atoms. The zero-order valence-electron chi connectivity index (χ0n) is 29.1. The number of para-hydroxylation sites is 2. The fraction of sp³-hybridized carbons (Fsp3) is 0.512. The van der Waals surface area contributed by atoms with Crippen LogP contribution < -0.4 is 16.3 Å². The molecule has 3 aromatic carbocycles. The molecule has 4 aromatic rings. The van der Waals surface area contributed by atoms with E-state index in [1.807, 2.05) is 77.4 Å². The van der Waals surface area contributed by atoms with Gasteiger partial charge in [-0.25, -0.2) is 9.59 Å². The smallest absolute Gasteiger partial charge is 0.326 e. The number of hydrogen-bond acceptors (Lipinski definition) is 6. The number of carbonyl (C=O) groups is 1. The maximum absolute atomic E-state index is 13.4. The highest BCUT2D eigenvalue weighted by Gasteiger charge is 2.51. The number of amides is 2. The summed E-state index contributed by atoms with van der Waals surface area (Å²) < 4.78 is 15.3. The van der Waals surface area contributed by atoms with E-state index in [0.29, 0.717) is 6.42 Å². The third-order valence-electron chi connectivity index (χ3n) is 12.5. The Hall–Kier alpha value is -3.96. The Balaban J connectivity index is 0.887. The number of aromatic amines is 1. The second-order valence-electron chi connectivity index (χ2n) is 16.1. The number of piperidine rings is 1. The SMILES string of the molecule is O=C(Nc1cccc([C@H]2O[C@@H](CN3CCC(n4c(=O)[nH]c5ccccc54)CC3)C[C@@H](c3ccc(CO)cc3)O2)c1)NC12CC3CC(CC(C3)C1)C2. The number of rotatable bonds is 8. The number of benzene rings is 3. The van der Waals surface area contributed by atoms with Crippen LogP contribution in [0.3, 0.4) is 0 Å².